The van der Waals surface area contributed by atoms with Crippen LogP contribution in [0.4, 0.5) is 13.2 Å². The maximum atomic E-state index is 12.5. The van der Waals surface area contributed by atoms with E-state index in [2.05, 4.69) is 5.32 Å². The number of methoxy groups -OCH3 is 1. The molecule has 8 heteroatoms. The molecule has 5 nitrogen and oxygen atoms in total. The van der Waals surface area contributed by atoms with Crippen LogP contribution in [-0.4, -0.2) is 36.7 Å². The van der Waals surface area contributed by atoms with Crippen molar-refractivity contribution in [3.8, 4) is 0 Å². The molecule has 1 rings (SSSR count). The van der Waals surface area contributed by atoms with Gasteiger partial charge >= 0.3 is 12.1 Å². The minimum atomic E-state index is -4.41. The van der Waals surface area contributed by atoms with Crippen molar-refractivity contribution in [2.24, 2.45) is 5.92 Å². The van der Waals surface area contributed by atoms with Crippen LogP contribution in [0, 0.1) is 5.92 Å². The van der Waals surface area contributed by atoms with Gasteiger partial charge in [0.1, 0.15) is 0 Å². The number of hydrogen-bond donors (Lipinski definition) is 2. The lowest BCUT2D eigenvalue weighted by Crippen LogP contribution is -2.46. The highest BCUT2D eigenvalue weighted by Crippen LogP contribution is 2.29. The summed E-state index contributed by atoms with van der Waals surface area (Å²) in [5.41, 5.74) is -0.182. The van der Waals surface area contributed by atoms with Crippen LogP contribution in [0.15, 0.2) is 24.3 Å². The first-order valence-corrected chi connectivity index (χ1v) is 7.37. The molecule has 134 valence electrons. The zero-order valence-corrected chi connectivity index (χ0v) is 13.4. The van der Waals surface area contributed by atoms with E-state index in [4.69, 9.17) is 9.84 Å². The van der Waals surface area contributed by atoms with Crippen LogP contribution in [0.2, 0.25) is 0 Å². The van der Waals surface area contributed by atoms with Gasteiger partial charge < -0.3 is 15.2 Å². The van der Waals surface area contributed by atoms with Crippen LogP contribution in [0.3, 0.4) is 0 Å². The van der Waals surface area contributed by atoms with E-state index in [1.165, 1.54) is 19.2 Å². The molecular formula is C16H20F3NO4. The Hall–Kier alpha value is -2.09. The molecule has 0 aliphatic rings. The molecule has 0 heterocycles. The average molecular weight is 347 g/mol. The van der Waals surface area contributed by atoms with Crippen molar-refractivity contribution in [3.63, 3.8) is 0 Å². The van der Waals surface area contributed by atoms with E-state index in [-0.39, 0.29) is 13.0 Å². The second-order valence-electron chi connectivity index (χ2n) is 5.36. The Morgan fingerprint density at radius 1 is 1.25 bits per heavy atom. The number of hydrogen-bond acceptors (Lipinski definition) is 3. The van der Waals surface area contributed by atoms with Crippen LogP contribution in [0.1, 0.15) is 24.5 Å². The smallest absolute Gasteiger partial charge is 0.416 e. The van der Waals surface area contributed by atoms with E-state index in [0.717, 1.165) is 12.1 Å². The lowest BCUT2D eigenvalue weighted by Gasteiger charge is -2.19. The Bertz CT molecular complexity index is 557. The van der Waals surface area contributed by atoms with E-state index >= 15 is 0 Å². The topological polar surface area (TPSA) is 75.6 Å². The normalized spacial score (nSPS) is 14.0. The summed E-state index contributed by atoms with van der Waals surface area (Å²) < 4.78 is 42.4. The molecule has 1 amide bonds. The second kappa shape index (κ2) is 8.68. The molecule has 0 spiro atoms. The summed E-state index contributed by atoms with van der Waals surface area (Å²) in [6.45, 7) is 1.58. The average Bonchev–Trinajstić information content (AvgIpc) is 2.51. The molecule has 2 atom stereocenters. The zero-order valence-electron chi connectivity index (χ0n) is 13.4. The van der Waals surface area contributed by atoms with Gasteiger partial charge in [-0.25, -0.2) is 4.79 Å². The van der Waals surface area contributed by atoms with Crippen molar-refractivity contribution >= 4 is 11.9 Å². The summed E-state index contributed by atoms with van der Waals surface area (Å²) in [5.74, 6) is -2.23. The van der Waals surface area contributed by atoms with Crippen LogP contribution >= 0.6 is 0 Å². The van der Waals surface area contributed by atoms with E-state index in [1.54, 1.807) is 6.92 Å². The molecular weight excluding hydrogens is 327 g/mol. The highest BCUT2D eigenvalue weighted by molar-refractivity contribution is 5.85. The molecule has 2 unspecified atom stereocenters. The minimum Gasteiger partial charge on any atom is -0.480 e. The maximum absolute atomic E-state index is 12.5. The fourth-order valence-electron chi connectivity index (χ4n) is 2.17. The molecule has 24 heavy (non-hydrogen) atoms. The first kappa shape index (κ1) is 20.0. The van der Waals surface area contributed by atoms with Gasteiger partial charge in [-0.05, 0) is 30.5 Å². The van der Waals surface area contributed by atoms with E-state index in [9.17, 15) is 22.8 Å². The summed E-state index contributed by atoms with van der Waals surface area (Å²) in [4.78, 5) is 23.2. The fourth-order valence-corrected chi connectivity index (χ4v) is 2.17. The van der Waals surface area contributed by atoms with Crippen molar-refractivity contribution in [1.29, 1.82) is 0 Å². The maximum Gasteiger partial charge on any atom is 0.416 e. The number of alkyl halides is 3. The number of ether oxygens (including phenoxy) is 1. The number of carbonyl (C=O) groups excluding carboxylic acids is 1. The zero-order chi connectivity index (χ0) is 18.3. The van der Waals surface area contributed by atoms with Crippen molar-refractivity contribution in [3.05, 3.63) is 35.4 Å². The van der Waals surface area contributed by atoms with E-state index in [1.807, 2.05) is 0 Å². The predicted molar refractivity (Wildman–Crippen MR) is 80.4 cm³/mol. The van der Waals surface area contributed by atoms with Crippen molar-refractivity contribution in [1.82, 2.24) is 5.32 Å². The van der Waals surface area contributed by atoms with Gasteiger partial charge in [0, 0.05) is 13.0 Å². The largest absolute Gasteiger partial charge is 0.480 e. The lowest BCUT2D eigenvalue weighted by molar-refractivity contribution is -0.144. The molecule has 0 saturated heterocycles. The van der Waals surface area contributed by atoms with Crippen LogP contribution in [0.5, 0.6) is 0 Å². The van der Waals surface area contributed by atoms with Crippen LogP contribution in [0.25, 0.3) is 0 Å². The summed E-state index contributed by atoms with van der Waals surface area (Å²) in [5, 5.41) is 11.4. The predicted octanol–water partition coefficient (Wildman–Crippen LogP) is 2.49. The van der Waals surface area contributed by atoms with Gasteiger partial charge in [0.05, 0.1) is 12.2 Å². The van der Waals surface area contributed by atoms with Gasteiger partial charge in [0.15, 0.2) is 6.04 Å². The third-order valence-electron chi connectivity index (χ3n) is 3.57. The molecule has 0 aliphatic carbocycles. The van der Waals surface area contributed by atoms with Gasteiger partial charge in [-0.3, -0.25) is 4.79 Å². The van der Waals surface area contributed by atoms with Crippen LogP contribution in [-0.2, 0) is 26.9 Å². The summed E-state index contributed by atoms with van der Waals surface area (Å²) in [6.07, 6.45) is -3.76. The molecule has 0 bridgehead atoms. The number of carboxylic acid groups (broad SMARTS) is 1. The number of rotatable bonds is 8. The second-order valence-corrected chi connectivity index (χ2v) is 5.36. The molecule has 0 saturated carbocycles. The van der Waals surface area contributed by atoms with Crippen molar-refractivity contribution in [2.75, 3.05) is 13.7 Å². The Morgan fingerprint density at radius 3 is 2.25 bits per heavy atom. The number of carbonyl (C=O) groups is 2. The van der Waals surface area contributed by atoms with Gasteiger partial charge in [-0.1, -0.05) is 19.1 Å². The Kier molecular flexibility index (Phi) is 7.21. The quantitative estimate of drug-likeness (QED) is 0.758. The highest BCUT2D eigenvalue weighted by Gasteiger charge is 2.30. The minimum absolute atomic E-state index is 0.169. The molecule has 0 radical (unpaired) electrons. The third-order valence-corrected chi connectivity index (χ3v) is 3.57. The number of benzene rings is 1. The first-order valence-electron chi connectivity index (χ1n) is 7.37. The fraction of sp³-hybridized carbons (Fsp3) is 0.500. The van der Waals surface area contributed by atoms with E-state index < -0.39 is 35.6 Å². The Morgan fingerprint density at radius 2 is 1.83 bits per heavy atom. The molecule has 2 N–H and O–H groups in total. The molecule has 1 aromatic carbocycles. The SMILES string of the molecule is CCC(Cc1ccc(C(F)(F)F)cc1)C(=O)NC(COC)C(=O)O. The van der Waals surface area contributed by atoms with Gasteiger partial charge in [0.2, 0.25) is 5.91 Å². The molecule has 0 aromatic heterocycles. The summed E-state index contributed by atoms with van der Waals surface area (Å²) in [6, 6.07) is 3.41. The van der Waals surface area contributed by atoms with Crippen molar-refractivity contribution in [2.45, 2.75) is 32.0 Å². The van der Waals surface area contributed by atoms with Crippen molar-refractivity contribution < 1.29 is 32.6 Å². The van der Waals surface area contributed by atoms with Gasteiger partial charge in [-0.15, -0.1) is 0 Å². The number of amides is 1. The summed E-state index contributed by atoms with van der Waals surface area (Å²) >= 11 is 0. The lowest BCUT2D eigenvalue weighted by atomic mass is 9.95. The Balaban J connectivity index is 2.75. The van der Waals surface area contributed by atoms with Gasteiger partial charge in [0.25, 0.3) is 0 Å². The standard InChI is InChI=1S/C16H20F3NO4/c1-3-11(14(21)20-13(9-24-2)15(22)23)8-10-4-6-12(7-5-10)16(17,18)19/h4-7,11,13H,3,8-9H2,1-2H3,(H,20,21)(H,22,23). The number of nitrogens with one attached hydrogen (secondary N) is 1. The molecule has 1 aromatic rings. The molecule has 0 aliphatic heterocycles. The Labute approximate surface area is 137 Å². The third kappa shape index (κ3) is 5.84. The number of aliphatic carboxylic acids is 1. The summed E-state index contributed by atoms with van der Waals surface area (Å²) in [7, 11) is 1.32. The monoisotopic (exact) mass is 347 g/mol. The van der Waals surface area contributed by atoms with E-state index in [0.29, 0.717) is 12.0 Å². The number of halogens is 3. The van der Waals surface area contributed by atoms with Gasteiger partial charge in [-0.2, -0.15) is 13.2 Å². The first-order chi connectivity index (χ1) is 11.2. The highest BCUT2D eigenvalue weighted by atomic mass is 19.4. The molecule has 0 fully saturated rings. The number of carboxylic acids is 1. The van der Waals surface area contributed by atoms with Crippen LogP contribution < -0.4 is 5.32 Å².